The Hall–Kier alpha value is -1.22. The first-order valence-electron chi connectivity index (χ1n) is 7.03. The maximum Gasteiger partial charge on any atom is 0.315 e. The molecule has 0 atom stereocenters. The molecule has 2 saturated carbocycles. The van der Waals surface area contributed by atoms with Crippen LogP contribution < -0.4 is 10.6 Å². The van der Waals surface area contributed by atoms with E-state index in [9.17, 15) is 4.79 Å². The van der Waals surface area contributed by atoms with Crippen molar-refractivity contribution in [3.63, 3.8) is 0 Å². The Bertz CT molecular complexity index is 479. The molecule has 0 aromatic heterocycles. The van der Waals surface area contributed by atoms with Crippen LogP contribution in [0.25, 0.3) is 0 Å². The summed E-state index contributed by atoms with van der Waals surface area (Å²) in [6, 6.07) is 8.18. The third-order valence-corrected chi connectivity index (χ3v) is 4.44. The van der Waals surface area contributed by atoms with E-state index in [0.29, 0.717) is 6.04 Å². The first-order valence-corrected chi connectivity index (χ1v) is 7.41. The lowest BCUT2D eigenvalue weighted by Crippen LogP contribution is -2.49. The first kappa shape index (κ1) is 12.8. The lowest BCUT2D eigenvalue weighted by molar-refractivity contribution is 0.224. The summed E-state index contributed by atoms with van der Waals surface area (Å²) in [7, 11) is 0. The summed E-state index contributed by atoms with van der Waals surface area (Å²) in [6.07, 6.45) is 6.41. The third-order valence-electron chi connectivity index (χ3n) is 4.11. The van der Waals surface area contributed by atoms with E-state index in [0.717, 1.165) is 49.1 Å². The minimum absolute atomic E-state index is 0.0516. The van der Waals surface area contributed by atoms with Crippen LogP contribution in [0.5, 0.6) is 0 Å². The lowest BCUT2D eigenvalue weighted by Gasteiger charge is -2.32. The highest BCUT2D eigenvalue weighted by Gasteiger charge is 2.39. The molecule has 3 nitrogen and oxygen atoms in total. The van der Waals surface area contributed by atoms with Crippen molar-refractivity contribution in [2.45, 2.75) is 50.1 Å². The van der Waals surface area contributed by atoms with Gasteiger partial charge >= 0.3 is 6.03 Å². The second-order valence-corrected chi connectivity index (χ2v) is 6.05. The topological polar surface area (TPSA) is 41.1 Å². The highest BCUT2D eigenvalue weighted by molar-refractivity contribution is 6.31. The molecular formula is C15H19ClN2O. The quantitative estimate of drug-likeness (QED) is 0.872. The number of nitrogens with one attached hydrogen (secondary N) is 2. The Morgan fingerprint density at radius 2 is 1.89 bits per heavy atom. The zero-order valence-electron chi connectivity index (χ0n) is 10.9. The maximum absolute atomic E-state index is 12.1. The van der Waals surface area contributed by atoms with Gasteiger partial charge in [-0.15, -0.1) is 0 Å². The number of hydrogen-bond acceptors (Lipinski definition) is 1. The number of benzene rings is 1. The molecule has 0 unspecified atom stereocenters. The van der Waals surface area contributed by atoms with Gasteiger partial charge in [-0.1, -0.05) is 42.6 Å². The minimum atomic E-state index is -0.280. The predicted octanol–water partition coefficient (Wildman–Crippen LogP) is 3.57. The standard InChI is InChI=1S/C15H19ClN2O/c16-13-6-2-1-5-12(13)15(9-3-4-10-15)18-14(19)17-11-7-8-11/h1-2,5-6,11H,3-4,7-10H2,(H2,17,18,19). The first-order chi connectivity index (χ1) is 9.20. The number of rotatable bonds is 3. The molecule has 1 aromatic carbocycles. The van der Waals surface area contributed by atoms with Gasteiger partial charge in [-0.2, -0.15) is 0 Å². The Morgan fingerprint density at radius 3 is 2.53 bits per heavy atom. The molecule has 4 heteroatoms. The van der Waals surface area contributed by atoms with Crippen LogP contribution in [-0.2, 0) is 5.54 Å². The molecule has 2 fully saturated rings. The van der Waals surface area contributed by atoms with E-state index in [1.807, 2.05) is 24.3 Å². The summed E-state index contributed by atoms with van der Waals surface area (Å²) in [5, 5.41) is 6.93. The average molecular weight is 279 g/mol. The Morgan fingerprint density at radius 1 is 1.21 bits per heavy atom. The molecule has 102 valence electrons. The summed E-state index contributed by atoms with van der Waals surface area (Å²) in [5.74, 6) is 0. The fourth-order valence-corrected chi connectivity index (χ4v) is 3.27. The van der Waals surface area contributed by atoms with Crippen LogP contribution in [0.4, 0.5) is 4.79 Å². The zero-order chi connectivity index (χ0) is 13.3. The predicted molar refractivity (Wildman–Crippen MR) is 76.3 cm³/mol. The fraction of sp³-hybridized carbons (Fsp3) is 0.533. The lowest BCUT2D eigenvalue weighted by atomic mass is 9.88. The molecule has 2 aliphatic rings. The van der Waals surface area contributed by atoms with Crippen molar-refractivity contribution in [1.82, 2.24) is 10.6 Å². The van der Waals surface area contributed by atoms with Gasteiger partial charge in [0.15, 0.2) is 0 Å². The molecule has 0 aliphatic heterocycles. The van der Waals surface area contributed by atoms with E-state index in [-0.39, 0.29) is 11.6 Å². The monoisotopic (exact) mass is 278 g/mol. The summed E-state index contributed by atoms with van der Waals surface area (Å²) in [4.78, 5) is 12.1. The number of carbonyl (C=O) groups excluding carboxylic acids is 1. The van der Waals surface area contributed by atoms with Gasteiger partial charge in [0.05, 0.1) is 5.54 Å². The van der Waals surface area contributed by atoms with Crippen molar-refractivity contribution in [1.29, 1.82) is 0 Å². The van der Waals surface area contributed by atoms with E-state index < -0.39 is 0 Å². The average Bonchev–Trinajstić information content (AvgIpc) is 3.06. The second-order valence-electron chi connectivity index (χ2n) is 5.64. The zero-order valence-corrected chi connectivity index (χ0v) is 11.7. The van der Waals surface area contributed by atoms with E-state index >= 15 is 0 Å². The normalized spacial score (nSPS) is 21.1. The highest BCUT2D eigenvalue weighted by atomic mass is 35.5. The smallest absolute Gasteiger partial charge is 0.315 e. The second kappa shape index (κ2) is 5.04. The molecule has 0 saturated heterocycles. The van der Waals surface area contributed by atoms with Crippen molar-refractivity contribution >= 4 is 17.6 Å². The molecule has 2 aliphatic carbocycles. The van der Waals surface area contributed by atoms with E-state index in [4.69, 9.17) is 11.6 Å². The Kier molecular flexibility index (Phi) is 3.40. The van der Waals surface area contributed by atoms with Gasteiger partial charge < -0.3 is 10.6 Å². The molecule has 2 amide bonds. The largest absolute Gasteiger partial charge is 0.335 e. The number of urea groups is 1. The number of carbonyl (C=O) groups is 1. The molecule has 1 aromatic rings. The summed E-state index contributed by atoms with van der Waals surface area (Å²) >= 11 is 6.32. The number of hydrogen-bond donors (Lipinski definition) is 2. The summed E-state index contributed by atoms with van der Waals surface area (Å²) in [6.45, 7) is 0. The van der Waals surface area contributed by atoms with Gasteiger partial charge in [0.25, 0.3) is 0 Å². The molecular weight excluding hydrogens is 260 g/mol. The van der Waals surface area contributed by atoms with Crippen molar-refractivity contribution < 1.29 is 4.79 Å². The summed E-state index contributed by atoms with van der Waals surface area (Å²) in [5.41, 5.74) is 0.775. The number of halogens is 1. The molecule has 0 radical (unpaired) electrons. The molecule has 0 bridgehead atoms. The highest BCUT2D eigenvalue weighted by Crippen LogP contribution is 2.41. The van der Waals surface area contributed by atoms with Gasteiger partial charge in [0.1, 0.15) is 0 Å². The molecule has 0 spiro atoms. The van der Waals surface area contributed by atoms with Gasteiger partial charge in [-0.25, -0.2) is 4.79 Å². The van der Waals surface area contributed by atoms with Crippen molar-refractivity contribution in [2.75, 3.05) is 0 Å². The molecule has 3 rings (SSSR count). The van der Waals surface area contributed by atoms with Crippen molar-refractivity contribution in [3.05, 3.63) is 34.9 Å². The SMILES string of the molecule is O=C(NC1CC1)NC1(c2ccccc2Cl)CCCC1. The van der Waals surface area contributed by atoms with Gasteiger partial charge in [-0.05, 0) is 37.3 Å². The number of amides is 2. The molecule has 0 heterocycles. The van der Waals surface area contributed by atoms with Gasteiger partial charge in [0, 0.05) is 11.1 Å². The van der Waals surface area contributed by atoms with Crippen LogP contribution in [0.15, 0.2) is 24.3 Å². The van der Waals surface area contributed by atoms with Gasteiger partial charge in [-0.3, -0.25) is 0 Å². The van der Waals surface area contributed by atoms with Crippen LogP contribution in [0.2, 0.25) is 5.02 Å². The van der Waals surface area contributed by atoms with Crippen LogP contribution in [0, 0.1) is 0 Å². The van der Waals surface area contributed by atoms with Gasteiger partial charge in [0.2, 0.25) is 0 Å². The van der Waals surface area contributed by atoms with E-state index in [1.165, 1.54) is 0 Å². The van der Waals surface area contributed by atoms with Crippen LogP contribution >= 0.6 is 11.6 Å². The molecule has 19 heavy (non-hydrogen) atoms. The van der Waals surface area contributed by atoms with Crippen molar-refractivity contribution in [2.24, 2.45) is 0 Å². The summed E-state index contributed by atoms with van der Waals surface area (Å²) < 4.78 is 0. The maximum atomic E-state index is 12.1. The minimum Gasteiger partial charge on any atom is -0.335 e. The molecule has 2 N–H and O–H groups in total. The third kappa shape index (κ3) is 2.71. The van der Waals surface area contributed by atoms with Crippen LogP contribution in [0.3, 0.4) is 0 Å². The van der Waals surface area contributed by atoms with Crippen molar-refractivity contribution in [3.8, 4) is 0 Å². The van der Waals surface area contributed by atoms with E-state index in [2.05, 4.69) is 10.6 Å². The fourth-order valence-electron chi connectivity index (χ4n) is 2.96. The van der Waals surface area contributed by atoms with E-state index in [1.54, 1.807) is 0 Å². The van der Waals surface area contributed by atoms with Crippen LogP contribution in [-0.4, -0.2) is 12.1 Å². The Labute approximate surface area is 118 Å². The Balaban J connectivity index is 1.82. The van der Waals surface area contributed by atoms with Crippen LogP contribution in [0.1, 0.15) is 44.1 Å².